The largest absolute Gasteiger partial charge is 0.494 e. The fourth-order valence-corrected chi connectivity index (χ4v) is 8.91. The molecule has 13 heteroatoms. The van der Waals surface area contributed by atoms with Crippen molar-refractivity contribution in [3.63, 3.8) is 0 Å². The molecule has 2 aliphatic heterocycles. The molecule has 0 saturated heterocycles. The molecule has 0 aliphatic carbocycles. The van der Waals surface area contributed by atoms with Crippen LogP contribution in [0.1, 0.15) is 102 Å². The topological polar surface area (TPSA) is 137 Å². The quantitative estimate of drug-likeness (QED) is 0.0527. The molecule has 3 aromatic rings. The molecule has 0 amide bonds. The molecule has 57 heavy (non-hydrogen) atoms. The van der Waals surface area contributed by atoms with Crippen molar-refractivity contribution >= 4 is 54.6 Å². The van der Waals surface area contributed by atoms with Gasteiger partial charge in [-0.3, -0.25) is 9.11 Å². The van der Waals surface area contributed by atoms with Gasteiger partial charge in [0.15, 0.2) is 5.71 Å². The van der Waals surface area contributed by atoms with Crippen LogP contribution in [0, 0.1) is 6.92 Å². The van der Waals surface area contributed by atoms with Gasteiger partial charge in [0, 0.05) is 23.3 Å². The Balaban J connectivity index is 1.55. The van der Waals surface area contributed by atoms with E-state index in [1.807, 2.05) is 28.8 Å². The van der Waals surface area contributed by atoms with Crippen molar-refractivity contribution in [1.29, 1.82) is 0 Å². The number of ether oxygens (including phenoxy) is 1. The van der Waals surface area contributed by atoms with Crippen LogP contribution in [0.15, 0.2) is 89.7 Å². The van der Waals surface area contributed by atoms with Gasteiger partial charge in [0.1, 0.15) is 11.9 Å². The molecule has 10 nitrogen and oxygen atoms in total. The monoisotopic (exact) mass is 838 g/mol. The summed E-state index contributed by atoms with van der Waals surface area (Å²) in [6, 6.07) is 16.5. The molecule has 2 aromatic carbocycles. The number of halogens is 1. The lowest BCUT2D eigenvalue weighted by Gasteiger charge is -2.27. The SMILES string of the molecule is CCCCCOc1cccc(C(C=CC2=Nc3c(cc(Cl)c[n+]3CCCCS(=O)(=O)O)C2(C)C)=CC=C2N(CCCCS(=O)(=O)O)c3ccc(C)cc3C2(C)C)c1. The Morgan fingerprint density at radius 1 is 0.895 bits per heavy atom. The molecule has 1 aromatic heterocycles. The average molecular weight is 840 g/mol. The number of anilines is 1. The molecular weight excluding hydrogens is 782 g/mol. The van der Waals surface area contributed by atoms with E-state index in [1.54, 1.807) is 6.20 Å². The fourth-order valence-electron chi connectivity index (χ4n) is 7.54. The van der Waals surface area contributed by atoms with E-state index in [9.17, 15) is 25.9 Å². The molecule has 0 atom stereocenters. The van der Waals surface area contributed by atoms with Crippen LogP contribution in [0.5, 0.6) is 5.75 Å². The van der Waals surface area contributed by atoms with Crippen LogP contribution in [-0.2, 0) is 37.6 Å². The van der Waals surface area contributed by atoms with Gasteiger partial charge in [-0.15, -0.1) is 0 Å². The number of hydrogen-bond acceptors (Lipinski definition) is 7. The molecule has 0 radical (unpaired) electrons. The number of aryl methyl sites for hydroxylation is 2. The highest BCUT2D eigenvalue weighted by molar-refractivity contribution is 7.86. The van der Waals surface area contributed by atoms with Crippen LogP contribution in [0.3, 0.4) is 0 Å². The first-order valence-electron chi connectivity index (χ1n) is 19.8. The summed E-state index contributed by atoms with van der Waals surface area (Å²) in [7, 11) is -8.09. The number of pyridine rings is 1. The first kappa shape index (κ1) is 44.3. The van der Waals surface area contributed by atoms with E-state index >= 15 is 0 Å². The lowest BCUT2D eigenvalue weighted by Crippen LogP contribution is -2.35. The van der Waals surface area contributed by atoms with E-state index in [-0.39, 0.29) is 16.9 Å². The van der Waals surface area contributed by atoms with Crippen LogP contribution in [0.25, 0.3) is 5.57 Å². The molecule has 2 aliphatic rings. The highest BCUT2D eigenvalue weighted by atomic mass is 35.5. The smallest absolute Gasteiger partial charge is 0.327 e. The van der Waals surface area contributed by atoms with Crippen LogP contribution in [0.2, 0.25) is 5.02 Å². The normalized spacial score (nSPS) is 17.0. The summed E-state index contributed by atoms with van der Waals surface area (Å²) in [5, 5.41) is 0.554. The van der Waals surface area contributed by atoms with Crippen LogP contribution in [-0.4, -0.2) is 56.3 Å². The van der Waals surface area contributed by atoms with E-state index in [1.165, 1.54) is 5.56 Å². The van der Waals surface area contributed by atoms with Gasteiger partial charge < -0.3 is 9.64 Å². The molecule has 308 valence electrons. The van der Waals surface area contributed by atoms with Gasteiger partial charge in [-0.05, 0) is 111 Å². The Morgan fingerprint density at radius 3 is 2.32 bits per heavy atom. The van der Waals surface area contributed by atoms with Crippen molar-refractivity contribution in [3.05, 3.63) is 112 Å². The Morgan fingerprint density at radius 2 is 1.61 bits per heavy atom. The minimum atomic E-state index is -4.05. The summed E-state index contributed by atoms with van der Waals surface area (Å²) in [6.07, 6.45) is 15.1. The van der Waals surface area contributed by atoms with Crippen molar-refractivity contribution in [3.8, 4) is 5.75 Å². The Bertz CT molecular complexity index is 2300. The summed E-state index contributed by atoms with van der Waals surface area (Å²) in [5.74, 6) is 0.969. The lowest BCUT2D eigenvalue weighted by molar-refractivity contribution is -0.684. The molecular formula is C44H57ClN3O7S2+. The molecule has 0 spiro atoms. The first-order chi connectivity index (χ1) is 26.8. The zero-order valence-corrected chi connectivity index (χ0v) is 36.4. The number of unbranched alkanes of at least 4 members (excludes halogenated alkanes) is 4. The second-order valence-corrected chi connectivity index (χ2v) is 19.7. The Hall–Kier alpha value is -3.81. The number of benzene rings is 2. The fraction of sp³-hybridized carbons (Fsp3) is 0.455. The predicted octanol–water partition coefficient (Wildman–Crippen LogP) is 9.53. The number of fused-ring (bicyclic) bond motifs is 2. The van der Waals surface area contributed by atoms with E-state index in [0.29, 0.717) is 50.4 Å². The second kappa shape index (κ2) is 18.4. The zero-order chi connectivity index (χ0) is 41.6. The molecule has 2 N–H and O–H groups in total. The number of allylic oxidation sites excluding steroid dienone is 6. The van der Waals surface area contributed by atoms with Crippen molar-refractivity contribution in [1.82, 2.24) is 0 Å². The minimum Gasteiger partial charge on any atom is -0.494 e. The van der Waals surface area contributed by atoms with Crippen molar-refractivity contribution in [2.45, 2.75) is 104 Å². The van der Waals surface area contributed by atoms with Crippen molar-refractivity contribution in [2.24, 2.45) is 4.99 Å². The Labute approximate surface area is 344 Å². The van der Waals surface area contributed by atoms with Crippen molar-refractivity contribution < 1.29 is 35.2 Å². The van der Waals surface area contributed by atoms with Gasteiger partial charge >= 0.3 is 5.82 Å². The third-order valence-corrected chi connectivity index (χ3v) is 12.6. The van der Waals surface area contributed by atoms with Crippen molar-refractivity contribution in [2.75, 3.05) is 29.6 Å². The molecule has 0 fully saturated rings. The third-order valence-electron chi connectivity index (χ3n) is 10.8. The van der Waals surface area contributed by atoms with E-state index < -0.39 is 25.7 Å². The number of hydrogen-bond donors (Lipinski definition) is 2. The average Bonchev–Trinajstić information content (AvgIpc) is 3.50. The van der Waals surface area contributed by atoms with Gasteiger partial charge in [-0.25, -0.2) is 4.57 Å². The summed E-state index contributed by atoms with van der Waals surface area (Å²) in [5.41, 5.74) is 7.36. The van der Waals surface area contributed by atoms with Gasteiger partial charge in [0.2, 0.25) is 0 Å². The summed E-state index contributed by atoms with van der Waals surface area (Å²) in [6.45, 7) is 14.6. The predicted molar refractivity (Wildman–Crippen MR) is 231 cm³/mol. The van der Waals surface area contributed by atoms with Gasteiger partial charge in [-0.2, -0.15) is 16.8 Å². The maximum atomic E-state index is 11.5. The molecule has 0 bridgehead atoms. The summed E-state index contributed by atoms with van der Waals surface area (Å²) >= 11 is 6.61. The standard InChI is InChI=1S/C44H56ClN3O7S2/c1-7-8-11-25-55-36-16-14-15-34(29-36)33(18-21-40-43(3,4)38-30-35(45)31-47(42(38)46-40)23-9-12-26-56(49,50)51)19-22-41-44(5,6)37-28-32(2)17-20-39(37)48(41)24-10-13-27-57(52,53)54/h14-22,28-31H,7-13,23-27H2,1-6H3,(H-,49,50,51,52,53,54)/p+1. The van der Waals surface area contributed by atoms with E-state index in [2.05, 4.69) is 95.0 Å². The van der Waals surface area contributed by atoms with Crippen LogP contribution >= 0.6 is 11.6 Å². The number of nitrogens with zero attached hydrogens (tertiary/aromatic N) is 3. The summed E-state index contributed by atoms with van der Waals surface area (Å²) in [4.78, 5) is 7.38. The summed E-state index contributed by atoms with van der Waals surface area (Å²) < 4.78 is 72.3. The molecule has 0 unspecified atom stereocenters. The van der Waals surface area contributed by atoms with Gasteiger partial charge in [0.25, 0.3) is 20.2 Å². The molecule has 3 heterocycles. The first-order valence-corrected chi connectivity index (χ1v) is 23.3. The van der Waals surface area contributed by atoms with E-state index in [4.69, 9.17) is 21.3 Å². The highest BCUT2D eigenvalue weighted by Crippen LogP contribution is 2.48. The van der Waals surface area contributed by atoms with E-state index in [0.717, 1.165) is 70.2 Å². The lowest BCUT2D eigenvalue weighted by atomic mass is 9.81. The van der Waals surface area contributed by atoms with Gasteiger partial charge in [-0.1, -0.05) is 87.2 Å². The Kier molecular flexibility index (Phi) is 14.3. The van der Waals surface area contributed by atoms with Crippen LogP contribution in [0.4, 0.5) is 11.5 Å². The zero-order valence-electron chi connectivity index (χ0n) is 34.0. The third kappa shape index (κ3) is 11.4. The van der Waals surface area contributed by atoms with Crippen LogP contribution < -0.4 is 14.2 Å². The van der Waals surface area contributed by atoms with Gasteiger partial charge in [0.05, 0.1) is 40.7 Å². The molecule has 5 rings (SSSR count). The second-order valence-electron chi connectivity index (χ2n) is 16.1. The molecule has 0 saturated carbocycles. The maximum absolute atomic E-state index is 11.5. The minimum absolute atomic E-state index is 0.278. The maximum Gasteiger partial charge on any atom is 0.327 e. The highest BCUT2D eigenvalue weighted by Gasteiger charge is 2.43. The number of aromatic nitrogens is 1. The number of rotatable bonds is 19. The number of aliphatic imine (C=N–C) groups is 1.